The Morgan fingerprint density at radius 2 is 2.10 bits per heavy atom. The number of carbonyl (C=O) groups is 1. The lowest BCUT2D eigenvalue weighted by atomic mass is 9.85. The topological polar surface area (TPSA) is 64.3 Å². The van der Waals surface area contributed by atoms with Crippen molar-refractivity contribution in [1.29, 1.82) is 0 Å². The minimum absolute atomic E-state index is 0.0447. The van der Waals surface area contributed by atoms with E-state index < -0.39 is 0 Å². The molecule has 3 N–H and O–H groups in total. The first-order chi connectivity index (χ1) is 10.2. The Labute approximate surface area is 127 Å². The van der Waals surface area contributed by atoms with E-state index >= 15 is 0 Å². The first kappa shape index (κ1) is 15.8. The molecule has 1 fully saturated rings. The molecule has 0 radical (unpaired) electrons. The molecule has 1 aromatic rings. The van der Waals surface area contributed by atoms with Crippen LogP contribution < -0.4 is 11.1 Å². The number of nitrogens with one attached hydrogen (secondary N) is 1. The molecule has 1 saturated carbocycles. The lowest BCUT2D eigenvalue weighted by molar-refractivity contribution is -0.118. The largest absolute Gasteiger partial charge is 0.397 e. The second kappa shape index (κ2) is 8.03. The molecule has 0 spiro atoms. The third kappa shape index (κ3) is 4.74. The van der Waals surface area contributed by atoms with Gasteiger partial charge < -0.3 is 15.8 Å². The Morgan fingerprint density at radius 3 is 2.86 bits per heavy atom. The quantitative estimate of drug-likeness (QED) is 0.787. The first-order valence-corrected chi connectivity index (χ1v) is 7.96. The highest BCUT2D eigenvalue weighted by molar-refractivity contribution is 5.93. The highest BCUT2D eigenvalue weighted by Crippen LogP contribution is 2.29. The number of nitrogens with two attached hydrogens (primary N) is 1. The van der Waals surface area contributed by atoms with Crippen LogP contribution in [0.4, 0.5) is 11.4 Å². The third-order valence-corrected chi connectivity index (χ3v) is 4.26. The predicted molar refractivity (Wildman–Crippen MR) is 86.1 cm³/mol. The van der Waals surface area contributed by atoms with Crippen LogP contribution >= 0.6 is 0 Å². The molecule has 0 aromatic heterocycles. The lowest BCUT2D eigenvalue weighted by Crippen LogP contribution is -2.28. The van der Waals surface area contributed by atoms with Crippen molar-refractivity contribution in [3.63, 3.8) is 0 Å². The van der Waals surface area contributed by atoms with Crippen LogP contribution in [0.3, 0.4) is 0 Å². The highest BCUT2D eigenvalue weighted by atomic mass is 16.5. The fourth-order valence-electron chi connectivity index (χ4n) is 2.99. The maximum absolute atomic E-state index is 11.9. The van der Waals surface area contributed by atoms with E-state index in [2.05, 4.69) is 12.2 Å². The summed E-state index contributed by atoms with van der Waals surface area (Å²) < 4.78 is 5.93. The van der Waals surface area contributed by atoms with E-state index in [0.717, 1.165) is 12.8 Å². The lowest BCUT2D eigenvalue weighted by Gasteiger charge is -2.30. The molecule has 2 rings (SSSR count). The van der Waals surface area contributed by atoms with Gasteiger partial charge in [0.05, 0.1) is 30.5 Å². The number of hydrogen-bond acceptors (Lipinski definition) is 3. The van der Waals surface area contributed by atoms with E-state index in [0.29, 0.717) is 36.4 Å². The van der Waals surface area contributed by atoms with Gasteiger partial charge in [-0.2, -0.15) is 0 Å². The van der Waals surface area contributed by atoms with Crippen LogP contribution in [-0.4, -0.2) is 18.6 Å². The van der Waals surface area contributed by atoms with E-state index in [1.165, 1.54) is 19.3 Å². The van der Waals surface area contributed by atoms with Gasteiger partial charge in [-0.25, -0.2) is 0 Å². The number of rotatable bonds is 6. The van der Waals surface area contributed by atoms with Crippen molar-refractivity contribution < 1.29 is 9.53 Å². The molecular weight excluding hydrogens is 264 g/mol. The van der Waals surface area contributed by atoms with Gasteiger partial charge in [-0.3, -0.25) is 4.79 Å². The van der Waals surface area contributed by atoms with Gasteiger partial charge >= 0.3 is 0 Å². The molecule has 4 nitrogen and oxygen atoms in total. The fraction of sp³-hybridized carbons (Fsp3) is 0.588. The molecule has 1 aliphatic rings. The van der Waals surface area contributed by atoms with Crippen molar-refractivity contribution >= 4 is 17.3 Å². The van der Waals surface area contributed by atoms with Crippen LogP contribution in [0.25, 0.3) is 0 Å². The standard InChI is InChI=1S/C17H26N2O2/c1-2-13-7-3-6-10-16(13)21-12-11-17(20)19-15-9-5-4-8-14(15)18/h4-5,8-9,13,16H,2-3,6-7,10-12,18H2,1H3,(H,19,20). The minimum atomic E-state index is -0.0447. The van der Waals surface area contributed by atoms with E-state index in [4.69, 9.17) is 10.5 Å². The summed E-state index contributed by atoms with van der Waals surface area (Å²) in [5, 5.41) is 2.83. The summed E-state index contributed by atoms with van der Waals surface area (Å²) in [6, 6.07) is 7.29. The van der Waals surface area contributed by atoms with Gasteiger partial charge in [-0.1, -0.05) is 38.3 Å². The monoisotopic (exact) mass is 290 g/mol. The minimum Gasteiger partial charge on any atom is -0.397 e. The zero-order valence-corrected chi connectivity index (χ0v) is 12.8. The SMILES string of the molecule is CCC1CCCCC1OCCC(=O)Nc1ccccc1N. The van der Waals surface area contributed by atoms with Crippen molar-refractivity contribution in [2.45, 2.75) is 51.6 Å². The first-order valence-electron chi connectivity index (χ1n) is 7.96. The maximum Gasteiger partial charge on any atom is 0.226 e. The van der Waals surface area contributed by atoms with Crippen LogP contribution in [-0.2, 0) is 9.53 Å². The summed E-state index contributed by atoms with van der Waals surface area (Å²) in [6.45, 7) is 2.71. The second-order valence-electron chi connectivity index (χ2n) is 5.75. The Bertz CT molecular complexity index is 462. The molecule has 0 bridgehead atoms. The summed E-state index contributed by atoms with van der Waals surface area (Å²) in [5.41, 5.74) is 7.07. The van der Waals surface area contributed by atoms with Crippen LogP contribution in [0.1, 0.15) is 45.4 Å². The number of amides is 1. The van der Waals surface area contributed by atoms with Gasteiger partial charge in [-0.05, 0) is 30.9 Å². The van der Waals surface area contributed by atoms with Crippen molar-refractivity contribution in [2.24, 2.45) is 5.92 Å². The fourth-order valence-corrected chi connectivity index (χ4v) is 2.99. The van der Waals surface area contributed by atoms with E-state index in [9.17, 15) is 4.79 Å². The van der Waals surface area contributed by atoms with Crippen molar-refractivity contribution in [1.82, 2.24) is 0 Å². The van der Waals surface area contributed by atoms with Crippen molar-refractivity contribution in [3.05, 3.63) is 24.3 Å². The average molecular weight is 290 g/mol. The second-order valence-corrected chi connectivity index (χ2v) is 5.75. The normalized spacial score (nSPS) is 22.0. The number of ether oxygens (including phenoxy) is 1. The molecule has 0 saturated heterocycles. The summed E-state index contributed by atoms with van der Waals surface area (Å²) in [5.74, 6) is 0.614. The number of hydrogen-bond donors (Lipinski definition) is 2. The summed E-state index contributed by atoms with van der Waals surface area (Å²) in [6.07, 6.45) is 6.82. The molecule has 0 heterocycles. The summed E-state index contributed by atoms with van der Waals surface area (Å²) >= 11 is 0. The van der Waals surface area contributed by atoms with E-state index in [1.807, 2.05) is 18.2 Å². The third-order valence-electron chi connectivity index (χ3n) is 4.26. The molecule has 4 heteroatoms. The zero-order chi connectivity index (χ0) is 15.1. The predicted octanol–water partition coefficient (Wildman–Crippen LogP) is 3.58. The van der Waals surface area contributed by atoms with Crippen LogP contribution in [0.5, 0.6) is 0 Å². The molecule has 2 unspecified atom stereocenters. The molecule has 0 aliphatic heterocycles. The van der Waals surface area contributed by atoms with Crippen LogP contribution in [0.15, 0.2) is 24.3 Å². The van der Waals surface area contributed by atoms with Gasteiger partial charge in [0, 0.05) is 0 Å². The Morgan fingerprint density at radius 1 is 1.33 bits per heavy atom. The Balaban J connectivity index is 1.73. The molecule has 21 heavy (non-hydrogen) atoms. The Kier molecular flexibility index (Phi) is 6.05. The van der Waals surface area contributed by atoms with Gasteiger partial charge in [0.15, 0.2) is 0 Å². The summed E-state index contributed by atoms with van der Waals surface area (Å²) in [7, 11) is 0. The molecule has 1 amide bonds. The van der Waals surface area contributed by atoms with Crippen molar-refractivity contribution in [2.75, 3.05) is 17.7 Å². The average Bonchev–Trinajstić information content (AvgIpc) is 2.50. The van der Waals surface area contributed by atoms with Crippen molar-refractivity contribution in [3.8, 4) is 0 Å². The van der Waals surface area contributed by atoms with Crippen LogP contribution in [0.2, 0.25) is 0 Å². The molecule has 116 valence electrons. The molecule has 2 atom stereocenters. The maximum atomic E-state index is 11.9. The Hall–Kier alpha value is -1.55. The van der Waals surface area contributed by atoms with E-state index in [-0.39, 0.29) is 5.91 Å². The molecular formula is C17H26N2O2. The molecule has 1 aliphatic carbocycles. The smallest absolute Gasteiger partial charge is 0.226 e. The number of anilines is 2. The number of para-hydroxylation sites is 2. The highest BCUT2D eigenvalue weighted by Gasteiger charge is 2.24. The van der Waals surface area contributed by atoms with Gasteiger partial charge in [0.1, 0.15) is 0 Å². The van der Waals surface area contributed by atoms with Crippen LogP contribution in [0, 0.1) is 5.92 Å². The van der Waals surface area contributed by atoms with Gasteiger partial charge in [-0.15, -0.1) is 0 Å². The summed E-state index contributed by atoms with van der Waals surface area (Å²) in [4.78, 5) is 11.9. The zero-order valence-electron chi connectivity index (χ0n) is 12.8. The van der Waals surface area contributed by atoms with E-state index in [1.54, 1.807) is 6.07 Å². The van der Waals surface area contributed by atoms with Gasteiger partial charge in [0.25, 0.3) is 0 Å². The molecule has 1 aromatic carbocycles. The number of nitrogen functional groups attached to an aromatic ring is 1. The van der Waals surface area contributed by atoms with Gasteiger partial charge in [0.2, 0.25) is 5.91 Å². The number of carbonyl (C=O) groups excluding carboxylic acids is 1. The number of benzene rings is 1.